The Labute approximate surface area is 116 Å². The molecule has 0 aliphatic rings. The molecule has 0 radical (unpaired) electrons. The van der Waals surface area contributed by atoms with Gasteiger partial charge in [-0.25, -0.2) is 4.79 Å². The average Bonchev–Trinajstić information content (AvgIpc) is 2.91. The smallest absolute Gasteiger partial charge is 0.337 e. The monoisotopic (exact) mass is 273 g/mol. The van der Waals surface area contributed by atoms with E-state index in [-0.39, 0.29) is 17.9 Å². The number of anilines is 1. The minimum atomic E-state index is -1.06. The van der Waals surface area contributed by atoms with Gasteiger partial charge >= 0.3 is 5.97 Å². The van der Waals surface area contributed by atoms with Crippen LogP contribution in [-0.2, 0) is 17.6 Å². The first kappa shape index (κ1) is 13.9. The summed E-state index contributed by atoms with van der Waals surface area (Å²) in [5.41, 5.74) is 1.30. The van der Waals surface area contributed by atoms with Crippen molar-refractivity contribution in [1.29, 1.82) is 0 Å². The lowest BCUT2D eigenvalue weighted by molar-refractivity contribution is -0.115. The Morgan fingerprint density at radius 1 is 1.30 bits per heavy atom. The maximum absolute atomic E-state index is 11.8. The Balaban J connectivity index is 2.16. The minimum absolute atomic E-state index is 0.0710. The lowest BCUT2D eigenvalue weighted by atomic mass is 10.1. The van der Waals surface area contributed by atoms with Crippen molar-refractivity contribution >= 4 is 17.6 Å². The lowest BCUT2D eigenvalue weighted by Gasteiger charge is -2.09. The predicted octanol–water partition coefficient (Wildman–Crippen LogP) is 2.72. The summed E-state index contributed by atoms with van der Waals surface area (Å²) in [5, 5.41) is 11.8. The van der Waals surface area contributed by atoms with Crippen molar-refractivity contribution in [2.24, 2.45) is 0 Å². The lowest BCUT2D eigenvalue weighted by Crippen LogP contribution is -2.16. The Kier molecular flexibility index (Phi) is 4.20. The zero-order valence-electron chi connectivity index (χ0n) is 11.1. The van der Waals surface area contributed by atoms with Crippen LogP contribution in [-0.4, -0.2) is 17.0 Å². The first-order valence-corrected chi connectivity index (χ1v) is 6.28. The van der Waals surface area contributed by atoms with Gasteiger partial charge in [0, 0.05) is 0 Å². The molecule has 0 bridgehead atoms. The van der Waals surface area contributed by atoms with Crippen LogP contribution in [0.4, 0.5) is 5.69 Å². The summed E-state index contributed by atoms with van der Waals surface area (Å²) in [6.45, 7) is 1.94. The zero-order valence-corrected chi connectivity index (χ0v) is 11.1. The van der Waals surface area contributed by atoms with Crippen molar-refractivity contribution in [1.82, 2.24) is 0 Å². The van der Waals surface area contributed by atoms with Crippen LogP contribution in [0.1, 0.15) is 28.6 Å². The number of carboxylic acids is 1. The third-order valence-electron chi connectivity index (χ3n) is 2.91. The van der Waals surface area contributed by atoms with Gasteiger partial charge in [-0.15, -0.1) is 0 Å². The van der Waals surface area contributed by atoms with Crippen LogP contribution in [0.15, 0.2) is 41.0 Å². The number of benzene rings is 1. The molecule has 1 aromatic carbocycles. The molecule has 104 valence electrons. The Bertz CT molecular complexity index is 617. The molecule has 0 aliphatic carbocycles. The summed E-state index contributed by atoms with van der Waals surface area (Å²) in [6, 6.07) is 8.38. The Morgan fingerprint density at radius 2 is 2.10 bits per heavy atom. The van der Waals surface area contributed by atoms with Gasteiger partial charge < -0.3 is 14.8 Å². The first-order valence-electron chi connectivity index (χ1n) is 6.28. The largest absolute Gasteiger partial charge is 0.478 e. The molecule has 1 aromatic heterocycles. The van der Waals surface area contributed by atoms with Gasteiger partial charge in [0.15, 0.2) is 0 Å². The van der Waals surface area contributed by atoms with Crippen molar-refractivity contribution in [3.8, 4) is 0 Å². The van der Waals surface area contributed by atoms with E-state index in [0.29, 0.717) is 11.4 Å². The fourth-order valence-corrected chi connectivity index (χ4v) is 1.86. The molecule has 2 rings (SSSR count). The van der Waals surface area contributed by atoms with E-state index in [1.807, 2.05) is 6.92 Å². The minimum Gasteiger partial charge on any atom is -0.478 e. The van der Waals surface area contributed by atoms with Gasteiger partial charge in [-0.3, -0.25) is 4.79 Å². The highest BCUT2D eigenvalue weighted by Crippen LogP contribution is 2.18. The predicted molar refractivity (Wildman–Crippen MR) is 73.8 cm³/mol. The number of nitrogens with one attached hydrogen (secondary N) is 1. The van der Waals surface area contributed by atoms with Crippen molar-refractivity contribution in [2.75, 3.05) is 5.32 Å². The number of hydrogen-bond acceptors (Lipinski definition) is 3. The fraction of sp³-hybridized carbons (Fsp3) is 0.200. The van der Waals surface area contributed by atoms with E-state index in [0.717, 1.165) is 12.0 Å². The topological polar surface area (TPSA) is 79.5 Å². The molecule has 0 aliphatic heterocycles. The normalized spacial score (nSPS) is 10.2. The molecule has 0 fully saturated rings. The molecule has 1 heterocycles. The van der Waals surface area contributed by atoms with E-state index in [2.05, 4.69) is 5.32 Å². The van der Waals surface area contributed by atoms with Crippen LogP contribution < -0.4 is 5.32 Å². The molecular weight excluding hydrogens is 258 g/mol. The second-order valence-electron chi connectivity index (χ2n) is 4.34. The van der Waals surface area contributed by atoms with E-state index >= 15 is 0 Å². The van der Waals surface area contributed by atoms with E-state index in [1.165, 1.54) is 6.26 Å². The highest BCUT2D eigenvalue weighted by molar-refractivity contribution is 6.01. The second kappa shape index (κ2) is 6.06. The third kappa shape index (κ3) is 3.26. The van der Waals surface area contributed by atoms with Gasteiger partial charge in [-0.2, -0.15) is 0 Å². The molecule has 5 nitrogen and oxygen atoms in total. The zero-order chi connectivity index (χ0) is 14.5. The number of aromatic carboxylic acids is 1. The maximum Gasteiger partial charge on any atom is 0.337 e. The quantitative estimate of drug-likeness (QED) is 0.877. The SMILES string of the molecule is CCc1ccc(NC(=O)Cc2ccco2)c(C(=O)O)c1. The molecule has 20 heavy (non-hydrogen) atoms. The number of aryl methyl sites for hydroxylation is 1. The van der Waals surface area contributed by atoms with Crippen LogP contribution >= 0.6 is 0 Å². The number of rotatable bonds is 5. The summed E-state index contributed by atoms with van der Waals surface area (Å²) >= 11 is 0. The maximum atomic E-state index is 11.8. The van der Waals surface area contributed by atoms with Crippen LogP contribution in [0.2, 0.25) is 0 Å². The number of amides is 1. The van der Waals surface area contributed by atoms with E-state index in [1.54, 1.807) is 30.3 Å². The van der Waals surface area contributed by atoms with Crippen LogP contribution in [0, 0.1) is 0 Å². The van der Waals surface area contributed by atoms with Gasteiger partial charge in [0.25, 0.3) is 0 Å². The molecular formula is C15H15NO4. The standard InChI is InChI=1S/C15H15NO4/c1-2-10-5-6-13(12(8-10)15(18)19)16-14(17)9-11-4-3-7-20-11/h3-8H,2,9H2,1H3,(H,16,17)(H,18,19). The molecule has 0 spiro atoms. The number of carbonyl (C=O) groups is 2. The van der Waals surface area contributed by atoms with Gasteiger partial charge in [-0.05, 0) is 36.2 Å². The second-order valence-corrected chi connectivity index (χ2v) is 4.34. The highest BCUT2D eigenvalue weighted by atomic mass is 16.4. The fourth-order valence-electron chi connectivity index (χ4n) is 1.86. The van der Waals surface area contributed by atoms with Crippen molar-refractivity contribution < 1.29 is 19.1 Å². The van der Waals surface area contributed by atoms with Crippen molar-refractivity contribution in [3.63, 3.8) is 0 Å². The Hall–Kier alpha value is -2.56. The van der Waals surface area contributed by atoms with E-state index < -0.39 is 5.97 Å². The molecule has 2 aromatic rings. The highest BCUT2D eigenvalue weighted by Gasteiger charge is 2.14. The molecule has 5 heteroatoms. The summed E-state index contributed by atoms with van der Waals surface area (Å²) in [4.78, 5) is 23.1. The van der Waals surface area contributed by atoms with Crippen LogP contribution in [0.5, 0.6) is 0 Å². The average molecular weight is 273 g/mol. The molecule has 2 N–H and O–H groups in total. The number of carboxylic acid groups (broad SMARTS) is 1. The third-order valence-corrected chi connectivity index (χ3v) is 2.91. The molecule has 0 unspecified atom stereocenters. The van der Waals surface area contributed by atoms with Gasteiger partial charge in [0.1, 0.15) is 5.76 Å². The number of carbonyl (C=O) groups excluding carboxylic acids is 1. The van der Waals surface area contributed by atoms with Crippen LogP contribution in [0.3, 0.4) is 0 Å². The van der Waals surface area contributed by atoms with Crippen molar-refractivity contribution in [3.05, 3.63) is 53.5 Å². The summed E-state index contributed by atoms with van der Waals surface area (Å²) in [5.74, 6) is -0.843. The van der Waals surface area contributed by atoms with Gasteiger partial charge in [-0.1, -0.05) is 13.0 Å². The molecule has 0 atom stereocenters. The number of furan rings is 1. The molecule has 0 saturated heterocycles. The first-order chi connectivity index (χ1) is 9.60. The van der Waals surface area contributed by atoms with Gasteiger partial charge in [0.2, 0.25) is 5.91 Å². The van der Waals surface area contributed by atoms with Crippen molar-refractivity contribution in [2.45, 2.75) is 19.8 Å². The molecule has 0 saturated carbocycles. The van der Waals surface area contributed by atoms with Gasteiger partial charge in [0.05, 0.1) is 23.9 Å². The Morgan fingerprint density at radius 3 is 2.70 bits per heavy atom. The summed E-state index contributed by atoms with van der Waals surface area (Å²) in [6.07, 6.45) is 2.30. The van der Waals surface area contributed by atoms with Crippen LogP contribution in [0.25, 0.3) is 0 Å². The number of hydrogen-bond donors (Lipinski definition) is 2. The van der Waals surface area contributed by atoms with E-state index in [4.69, 9.17) is 4.42 Å². The summed E-state index contributed by atoms with van der Waals surface area (Å²) in [7, 11) is 0. The summed E-state index contributed by atoms with van der Waals surface area (Å²) < 4.78 is 5.08. The molecule has 1 amide bonds. The van der Waals surface area contributed by atoms with E-state index in [9.17, 15) is 14.7 Å².